The molecule has 1 amide bonds. The van der Waals surface area contributed by atoms with E-state index in [1.807, 2.05) is 0 Å². The summed E-state index contributed by atoms with van der Waals surface area (Å²) in [6, 6.07) is 6.70. The molecule has 0 aromatic heterocycles. The molecule has 0 fully saturated rings. The van der Waals surface area contributed by atoms with Gasteiger partial charge in [-0.2, -0.15) is 0 Å². The molecule has 0 aliphatic heterocycles. The average molecular weight is 222 g/mol. The van der Waals surface area contributed by atoms with Crippen molar-refractivity contribution in [2.24, 2.45) is 0 Å². The summed E-state index contributed by atoms with van der Waals surface area (Å²) >= 11 is 0. The zero-order valence-electron chi connectivity index (χ0n) is 9.73. The predicted molar refractivity (Wildman–Crippen MR) is 59.1 cm³/mol. The molecule has 16 heavy (non-hydrogen) atoms. The van der Waals surface area contributed by atoms with Gasteiger partial charge in [0.1, 0.15) is 19.9 Å². The second-order valence-electron chi connectivity index (χ2n) is 4.28. The summed E-state index contributed by atoms with van der Waals surface area (Å²) in [5, 5.41) is 9.49. The van der Waals surface area contributed by atoms with Crippen LogP contribution >= 0.6 is 0 Å². The van der Waals surface area contributed by atoms with Crippen LogP contribution in [0.4, 0.5) is 0 Å². The zero-order valence-corrected chi connectivity index (χ0v) is 9.73. The second kappa shape index (κ2) is 4.55. The highest BCUT2D eigenvalue weighted by Crippen LogP contribution is 2.09. The van der Waals surface area contributed by atoms with E-state index in [-0.39, 0.29) is 11.7 Å². The molecule has 0 aliphatic rings. The Kier molecular flexibility index (Phi) is 3.57. The fraction of sp³-hybridized carbons (Fsp3) is 0.333. The van der Waals surface area contributed by atoms with E-state index in [4.69, 9.17) is 0 Å². The molecule has 0 heterocycles. The third kappa shape index (κ3) is 3.25. The van der Waals surface area contributed by atoms with Gasteiger partial charge in [0, 0.05) is 6.42 Å². The Balaban J connectivity index is 2.87. The molecule has 1 aromatic rings. The van der Waals surface area contributed by atoms with Crippen LogP contribution in [0.25, 0.3) is 0 Å². The summed E-state index contributed by atoms with van der Waals surface area (Å²) < 4.78 is -0.730. The molecule has 0 atom stereocenters. The number of rotatable bonds is 3. The van der Waals surface area contributed by atoms with E-state index in [0.717, 1.165) is 5.56 Å². The van der Waals surface area contributed by atoms with E-state index in [2.05, 4.69) is 0 Å². The minimum atomic E-state index is -0.730. The van der Waals surface area contributed by atoms with Crippen molar-refractivity contribution >= 4 is 11.7 Å². The lowest BCUT2D eigenvalue weighted by Crippen LogP contribution is -2.41. The van der Waals surface area contributed by atoms with Crippen LogP contribution in [-0.4, -0.2) is 35.6 Å². The molecule has 0 aliphatic carbocycles. The first-order valence-corrected chi connectivity index (χ1v) is 5.00. The Morgan fingerprint density at radius 1 is 1.19 bits per heavy atom. The average Bonchev–Trinajstić information content (AvgIpc) is 2.15. The lowest BCUT2D eigenvalue weighted by molar-refractivity contribution is -1.00. The van der Waals surface area contributed by atoms with E-state index in [9.17, 15) is 14.8 Å². The topological polar surface area (TPSA) is 54.4 Å². The summed E-state index contributed by atoms with van der Waals surface area (Å²) in [6.45, 7) is 1.52. The molecular formula is C12H16NO3+. The summed E-state index contributed by atoms with van der Waals surface area (Å²) in [6.07, 6.45) is 0.367. The quantitative estimate of drug-likeness (QED) is 0.478. The van der Waals surface area contributed by atoms with E-state index in [0.29, 0.717) is 12.0 Å². The maximum absolute atomic E-state index is 11.7. The van der Waals surface area contributed by atoms with Gasteiger partial charge in [0.25, 0.3) is 0 Å². The first kappa shape index (κ1) is 12.5. The van der Waals surface area contributed by atoms with E-state index >= 15 is 0 Å². The van der Waals surface area contributed by atoms with Crippen LogP contribution in [0.5, 0.6) is 0 Å². The van der Waals surface area contributed by atoms with Crippen molar-refractivity contribution in [2.75, 3.05) is 14.1 Å². The number of nitrogens with zero attached hydrogens (tertiary/aromatic N) is 1. The molecule has 0 saturated carbocycles. The number of amides is 1. The Labute approximate surface area is 94.7 Å². The molecule has 0 spiro atoms. The number of hydrogen-bond acceptors (Lipinski definition) is 3. The molecule has 1 aromatic carbocycles. The predicted octanol–water partition coefficient (Wildman–Crippen LogP) is 1.42. The Morgan fingerprint density at radius 2 is 1.69 bits per heavy atom. The molecule has 0 saturated heterocycles. The number of carbonyl (C=O) groups excluding carboxylic acids is 2. The lowest BCUT2D eigenvalue weighted by Gasteiger charge is -2.16. The van der Waals surface area contributed by atoms with Gasteiger partial charge in [0.05, 0.1) is 5.56 Å². The fourth-order valence-corrected chi connectivity index (χ4v) is 1.37. The highest BCUT2D eigenvalue weighted by Gasteiger charge is 2.25. The summed E-state index contributed by atoms with van der Waals surface area (Å²) in [5.41, 5.74) is 1.30. The van der Waals surface area contributed by atoms with E-state index in [1.165, 1.54) is 21.0 Å². The number of hydroxylamine groups is 3. The van der Waals surface area contributed by atoms with Crippen LogP contribution in [0.2, 0.25) is 0 Å². The van der Waals surface area contributed by atoms with Gasteiger partial charge < -0.3 is 0 Å². The Hall–Kier alpha value is -1.52. The highest BCUT2D eigenvalue weighted by molar-refractivity contribution is 5.88. The number of ketones is 1. The number of quaternary nitrogens is 1. The van der Waals surface area contributed by atoms with Crippen LogP contribution < -0.4 is 0 Å². The molecule has 1 N–H and O–H groups in total. The second-order valence-corrected chi connectivity index (χ2v) is 4.28. The van der Waals surface area contributed by atoms with Crippen LogP contribution in [0.1, 0.15) is 22.8 Å². The van der Waals surface area contributed by atoms with Crippen molar-refractivity contribution in [2.45, 2.75) is 13.3 Å². The summed E-state index contributed by atoms with van der Waals surface area (Å²) in [4.78, 5) is 22.5. The third-order valence-electron chi connectivity index (χ3n) is 2.15. The Morgan fingerprint density at radius 3 is 2.06 bits per heavy atom. The normalized spacial score (nSPS) is 11.2. The van der Waals surface area contributed by atoms with Gasteiger partial charge in [-0.05, 0) is 24.6 Å². The number of hydrogen-bond donors (Lipinski definition) is 1. The van der Waals surface area contributed by atoms with Gasteiger partial charge in [-0.15, -0.1) is 4.65 Å². The van der Waals surface area contributed by atoms with Crippen LogP contribution in [0.3, 0.4) is 0 Å². The van der Waals surface area contributed by atoms with Crippen LogP contribution in [-0.2, 0) is 11.2 Å². The monoisotopic (exact) mass is 222 g/mol. The van der Waals surface area contributed by atoms with Crippen LogP contribution in [0.15, 0.2) is 24.3 Å². The smallest absolute Gasteiger partial charge is 0.300 e. The maximum Gasteiger partial charge on any atom is 0.377 e. The number of Topliss-reactive ketones (excluding diaryl/α,β-unsaturated/α-hetero) is 1. The van der Waals surface area contributed by atoms with Crippen LogP contribution in [0, 0.1) is 0 Å². The molecule has 0 bridgehead atoms. The maximum atomic E-state index is 11.7. The van der Waals surface area contributed by atoms with Crippen molar-refractivity contribution in [3.05, 3.63) is 35.4 Å². The molecule has 4 heteroatoms. The van der Waals surface area contributed by atoms with Crippen molar-refractivity contribution in [3.63, 3.8) is 0 Å². The first-order valence-electron chi connectivity index (χ1n) is 5.00. The highest BCUT2D eigenvalue weighted by atomic mass is 16.6. The minimum absolute atomic E-state index is 0.0809. The lowest BCUT2D eigenvalue weighted by atomic mass is 10.1. The van der Waals surface area contributed by atoms with E-state index < -0.39 is 4.65 Å². The van der Waals surface area contributed by atoms with Crippen molar-refractivity contribution in [3.8, 4) is 0 Å². The largest absolute Gasteiger partial charge is 0.377 e. The third-order valence-corrected chi connectivity index (χ3v) is 2.15. The number of benzene rings is 1. The molecule has 0 unspecified atom stereocenters. The first-order chi connectivity index (χ1) is 7.30. The SMILES string of the molecule is CC(=O)Cc1ccc(C(=O)[N+](C)(C)O)cc1. The molecule has 86 valence electrons. The van der Waals surface area contributed by atoms with Gasteiger partial charge in [-0.25, -0.2) is 10.0 Å². The van der Waals surface area contributed by atoms with Gasteiger partial charge in [-0.3, -0.25) is 4.79 Å². The van der Waals surface area contributed by atoms with Crippen molar-refractivity contribution in [1.29, 1.82) is 0 Å². The van der Waals surface area contributed by atoms with E-state index in [1.54, 1.807) is 24.3 Å². The van der Waals surface area contributed by atoms with Gasteiger partial charge >= 0.3 is 5.91 Å². The molecular weight excluding hydrogens is 206 g/mol. The van der Waals surface area contributed by atoms with Crippen molar-refractivity contribution < 1.29 is 19.4 Å². The Bertz CT molecular complexity index is 401. The summed E-state index contributed by atoms with van der Waals surface area (Å²) in [7, 11) is 2.79. The molecule has 4 nitrogen and oxygen atoms in total. The standard InChI is InChI=1S/C12H16NO3/c1-9(14)8-10-4-6-11(7-5-10)12(15)13(2,3)16/h4-7,16H,8H2,1-3H3/q+1. The number of carbonyl (C=O) groups is 2. The minimum Gasteiger partial charge on any atom is -0.300 e. The van der Waals surface area contributed by atoms with Gasteiger partial charge in [-0.1, -0.05) is 12.1 Å². The van der Waals surface area contributed by atoms with Gasteiger partial charge in [0.2, 0.25) is 0 Å². The summed E-state index contributed by atoms with van der Waals surface area (Å²) in [5.74, 6) is -0.299. The van der Waals surface area contributed by atoms with Gasteiger partial charge in [0.15, 0.2) is 0 Å². The fourth-order valence-electron chi connectivity index (χ4n) is 1.37. The van der Waals surface area contributed by atoms with Crippen molar-refractivity contribution in [1.82, 2.24) is 0 Å². The molecule has 1 rings (SSSR count). The zero-order chi connectivity index (χ0) is 12.3. The molecule has 0 radical (unpaired) electrons.